The predicted octanol–water partition coefficient (Wildman–Crippen LogP) is 5.21. The van der Waals surface area contributed by atoms with Gasteiger partial charge in [-0.15, -0.1) is 0 Å². The number of nitrogens with zero attached hydrogens (tertiary/aromatic N) is 1. The Hall–Kier alpha value is -3.51. The summed E-state index contributed by atoms with van der Waals surface area (Å²) in [5.41, 5.74) is 3.53. The molecule has 4 rings (SSSR count). The van der Waals surface area contributed by atoms with Gasteiger partial charge in [-0.25, -0.2) is 0 Å². The number of carbonyl (C=O) groups is 1. The van der Waals surface area contributed by atoms with Gasteiger partial charge in [0, 0.05) is 45.8 Å². The Labute approximate surface area is 166 Å². The molecule has 0 unspecified atom stereocenters. The molecule has 1 amide bonds. The highest BCUT2D eigenvalue weighted by Gasteiger charge is 2.17. The van der Waals surface area contributed by atoms with Gasteiger partial charge < -0.3 is 20.1 Å². The van der Waals surface area contributed by atoms with Gasteiger partial charge in [0.25, 0.3) is 5.91 Å². The number of hydrogen-bond donors (Lipinski definition) is 3. The van der Waals surface area contributed by atoms with Crippen molar-refractivity contribution >= 4 is 45.4 Å². The lowest BCUT2D eigenvalue weighted by Crippen LogP contribution is -2.14. The number of aryl methyl sites for hydroxylation is 1. The smallest absolute Gasteiger partial charge is 0.261 e. The first kappa shape index (κ1) is 17.9. The second-order valence-electron chi connectivity index (χ2n) is 6.28. The third kappa shape index (κ3) is 3.92. The molecule has 0 radical (unpaired) electrons. The summed E-state index contributed by atoms with van der Waals surface area (Å²) >= 11 is 5.90. The lowest BCUT2D eigenvalue weighted by Gasteiger charge is -2.08. The van der Waals surface area contributed by atoms with Crippen molar-refractivity contribution in [2.24, 2.45) is 0 Å². The Kier molecular flexibility index (Phi) is 4.87. The number of rotatable bonds is 5. The Morgan fingerprint density at radius 1 is 1.11 bits per heavy atom. The van der Waals surface area contributed by atoms with Gasteiger partial charge >= 0.3 is 0 Å². The van der Waals surface area contributed by atoms with E-state index in [-0.39, 0.29) is 5.91 Å². The fourth-order valence-corrected chi connectivity index (χ4v) is 2.90. The first-order valence-corrected chi connectivity index (χ1v) is 9.01. The SMILES string of the molecule is Cc1cc(C(=CNc2ccc3[nH]ccc3c2)C(=O)Nc2ccc(Cl)cc2)on1. The van der Waals surface area contributed by atoms with Crippen LogP contribution in [0.5, 0.6) is 0 Å². The van der Waals surface area contributed by atoms with Gasteiger partial charge in [-0.1, -0.05) is 16.8 Å². The third-order valence-corrected chi connectivity index (χ3v) is 4.43. The minimum Gasteiger partial charge on any atom is -0.361 e. The number of amides is 1. The fraction of sp³-hybridized carbons (Fsp3) is 0.0476. The monoisotopic (exact) mass is 392 g/mol. The molecular weight excluding hydrogens is 376 g/mol. The van der Waals surface area contributed by atoms with E-state index in [4.69, 9.17) is 16.1 Å². The summed E-state index contributed by atoms with van der Waals surface area (Å²) in [6, 6.07) is 16.5. The molecule has 7 heteroatoms. The second-order valence-corrected chi connectivity index (χ2v) is 6.71. The van der Waals surface area contributed by atoms with Crippen LogP contribution in [-0.4, -0.2) is 16.0 Å². The Morgan fingerprint density at radius 2 is 1.89 bits per heavy atom. The molecule has 0 bridgehead atoms. The van der Waals surface area contributed by atoms with Crippen LogP contribution in [0, 0.1) is 6.92 Å². The summed E-state index contributed by atoms with van der Waals surface area (Å²) in [6.45, 7) is 1.80. The molecule has 2 heterocycles. The number of halogens is 1. The third-order valence-electron chi connectivity index (χ3n) is 4.18. The molecule has 28 heavy (non-hydrogen) atoms. The number of aromatic amines is 1. The Balaban J connectivity index is 1.61. The van der Waals surface area contributed by atoms with Gasteiger partial charge in [-0.2, -0.15) is 0 Å². The van der Waals surface area contributed by atoms with Crippen molar-refractivity contribution in [1.29, 1.82) is 0 Å². The van der Waals surface area contributed by atoms with Gasteiger partial charge in [-0.05, 0) is 55.5 Å². The van der Waals surface area contributed by atoms with Crippen molar-refractivity contribution in [3.05, 3.63) is 83.5 Å². The van der Waals surface area contributed by atoms with Crippen molar-refractivity contribution < 1.29 is 9.32 Å². The van der Waals surface area contributed by atoms with Gasteiger partial charge in [-0.3, -0.25) is 4.79 Å². The highest BCUT2D eigenvalue weighted by molar-refractivity contribution is 6.30. The summed E-state index contributed by atoms with van der Waals surface area (Å²) in [5, 5.41) is 11.6. The number of carbonyl (C=O) groups excluding carboxylic acids is 1. The van der Waals surface area contributed by atoms with Crippen LogP contribution in [0.3, 0.4) is 0 Å². The van der Waals surface area contributed by atoms with Crippen LogP contribution in [0.4, 0.5) is 11.4 Å². The minimum atomic E-state index is -0.325. The van der Waals surface area contributed by atoms with Crippen LogP contribution in [0.25, 0.3) is 16.5 Å². The van der Waals surface area contributed by atoms with E-state index in [0.717, 1.165) is 16.6 Å². The van der Waals surface area contributed by atoms with Crippen molar-refractivity contribution in [2.75, 3.05) is 10.6 Å². The van der Waals surface area contributed by atoms with E-state index in [1.807, 2.05) is 30.5 Å². The molecule has 0 aliphatic carbocycles. The molecule has 0 atom stereocenters. The van der Waals surface area contributed by atoms with Gasteiger partial charge in [0.1, 0.15) is 5.57 Å². The molecule has 2 aromatic carbocycles. The highest BCUT2D eigenvalue weighted by Crippen LogP contribution is 2.22. The number of fused-ring (bicyclic) bond motifs is 1. The molecule has 140 valence electrons. The zero-order valence-corrected chi connectivity index (χ0v) is 15.7. The van der Waals surface area contributed by atoms with Gasteiger partial charge in [0.15, 0.2) is 5.76 Å². The zero-order chi connectivity index (χ0) is 19.5. The van der Waals surface area contributed by atoms with E-state index in [1.165, 1.54) is 0 Å². The van der Waals surface area contributed by atoms with Crippen molar-refractivity contribution in [2.45, 2.75) is 6.92 Å². The predicted molar refractivity (Wildman–Crippen MR) is 111 cm³/mol. The number of nitrogens with one attached hydrogen (secondary N) is 3. The quantitative estimate of drug-likeness (QED) is 0.407. The maximum absolute atomic E-state index is 12.9. The summed E-state index contributed by atoms with van der Waals surface area (Å²) < 4.78 is 5.31. The summed E-state index contributed by atoms with van der Waals surface area (Å²) in [7, 11) is 0. The molecule has 4 aromatic rings. The van der Waals surface area contributed by atoms with Crippen LogP contribution in [0.15, 0.2) is 71.5 Å². The lowest BCUT2D eigenvalue weighted by molar-refractivity contribution is -0.111. The van der Waals surface area contributed by atoms with Crippen LogP contribution >= 0.6 is 11.6 Å². The van der Waals surface area contributed by atoms with E-state index >= 15 is 0 Å². The van der Waals surface area contributed by atoms with Gasteiger partial charge in [0.2, 0.25) is 0 Å². The normalized spacial score (nSPS) is 11.6. The van der Waals surface area contributed by atoms with Crippen LogP contribution < -0.4 is 10.6 Å². The molecule has 0 saturated carbocycles. The van der Waals surface area contributed by atoms with E-state index < -0.39 is 0 Å². The lowest BCUT2D eigenvalue weighted by atomic mass is 10.1. The maximum atomic E-state index is 12.9. The van der Waals surface area contributed by atoms with Crippen molar-refractivity contribution in [3.8, 4) is 0 Å². The molecule has 6 nitrogen and oxygen atoms in total. The molecule has 0 spiro atoms. The first-order chi connectivity index (χ1) is 13.6. The number of benzene rings is 2. The number of anilines is 2. The van der Waals surface area contributed by atoms with Crippen LogP contribution in [-0.2, 0) is 4.79 Å². The topological polar surface area (TPSA) is 83.0 Å². The Bertz CT molecular complexity index is 1160. The summed E-state index contributed by atoms with van der Waals surface area (Å²) in [4.78, 5) is 16.0. The van der Waals surface area contributed by atoms with Crippen molar-refractivity contribution in [1.82, 2.24) is 10.1 Å². The van der Waals surface area contributed by atoms with Crippen LogP contribution in [0.2, 0.25) is 5.02 Å². The van der Waals surface area contributed by atoms with Crippen molar-refractivity contribution in [3.63, 3.8) is 0 Å². The highest BCUT2D eigenvalue weighted by atomic mass is 35.5. The number of H-pyrrole nitrogens is 1. The molecule has 0 saturated heterocycles. The average Bonchev–Trinajstić information content (AvgIpc) is 3.32. The molecule has 0 aliphatic rings. The number of hydrogen-bond acceptors (Lipinski definition) is 4. The Morgan fingerprint density at radius 3 is 2.64 bits per heavy atom. The van der Waals surface area contributed by atoms with E-state index in [1.54, 1.807) is 43.5 Å². The summed E-state index contributed by atoms with van der Waals surface area (Å²) in [6.07, 6.45) is 3.49. The van der Waals surface area contributed by atoms with Crippen LogP contribution in [0.1, 0.15) is 11.5 Å². The molecule has 2 aromatic heterocycles. The standard InChI is InChI=1S/C21H17ClN4O2/c1-13-10-20(28-26-13)18(21(27)25-16-4-2-15(22)3-5-16)12-24-17-6-7-19-14(11-17)8-9-23-19/h2-12,23-24H,1H3,(H,25,27). The fourth-order valence-electron chi connectivity index (χ4n) is 2.77. The average molecular weight is 393 g/mol. The maximum Gasteiger partial charge on any atom is 0.261 e. The van der Waals surface area contributed by atoms with Gasteiger partial charge in [0.05, 0.1) is 5.69 Å². The molecular formula is C21H17ClN4O2. The first-order valence-electron chi connectivity index (χ1n) is 8.63. The second kappa shape index (κ2) is 7.62. The minimum absolute atomic E-state index is 0.324. The molecule has 0 fully saturated rings. The van der Waals surface area contributed by atoms with E-state index in [0.29, 0.717) is 27.7 Å². The molecule has 3 N–H and O–H groups in total. The molecule has 0 aliphatic heterocycles. The number of aromatic nitrogens is 2. The largest absolute Gasteiger partial charge is 0.361 e. The van der Waals surface area contributed by atoms with E-state index in [9.17, 15) is 4.79 Å². The van der Waals surface area contributed by atoms with E-state index in [2.05, 4.69) is 20.8 Å². The zero-order valence-electron chi connectivity index (χ0n) is 15.0. The summed E-state index contributed by atoms with van der Waals surface area (Å²) in [5.74, 6) is 0.0490.